The molecular weight excluding hydrogens is 457 g/mol. The topological polar surface area (TPSA) is 69.5 Å². The van der Waals surface area contributed by atoms with Crippen molar-refractivity contribution >= 4 is 34.3 Å². The molecule has 36 heavy (non-hydrogen) atoms. The minimum absolute atomic E-state index is 0.0405. The Hall–Kier alpha value is -3.20. The van der Waals surface area contributed by atoms with Crippen LogP contribution in [0.4, 0.5) is 21.7 Å². The minimum Gasteiger partial charge on any atom is -0.367 e. The summed E-state index contributed by atoms with van der Waals surface area (Å²) in [6.07, 6.45) is 6.09. The van der Waals surface area contributed by atoms with Crippen LogP contribution in [0.3, 0.4) is 0 Å². The average molecular weight is 494 g/mol. The van der Waals surface area contributed by atoms with E-state index in [0.717, 1.165) is 62.9 Å². The van der Waals surface area contributed by atoms with E-state index in [0.29, 0.717) is 29.1 Å². The molecule has 1 N–H and O–H groups in total. The normalized spacial score (nSPS) is 17.3. The predicted octanol–water partition coefficient (Wildman–Crippen LogP) is 4.66. The van der Waals surface area contributed by atoms with Gasteiger partial charge >= 0.3 is 0 Å². The van der Waals surface area contributed by atoms with Crippen molar-refractivity contribution in [2.24, 2.45) is 0 Å². The maximum Gasteiger partial charge on any atom is 0.270 e. The van der Waals surface area contributed by atoms with Crippen LogP contribution >= 0.6 is 0 Å². The number of carbonyl (C=O) groups excluding carboxylic acids is 1. The molecule has 2 aliphatic rings. The van der Waals surface area contributed by atoms with Crippen molar-refractivity contribution in [1.29, 1.82) is 0 Å². The number of halogens is 1. The Labute approximate surface area is 212 Å². The van der Waals surface area contributed by atoms with Crippen LogP contribution in [0.5, 0.6) is 0 Å². The zero-order valence-corrected chi connectivity index (χ0v) is 21.7. The number of amides is 1. The Bertz CT molecular complexity index is 1240. The molecule has 1 aliphatic heterocycles. The van der Waals surface area contributed by atoms with Crippen LogP contribution < -0.4 is 10.2 Å². The second-order valence-electron chi connectivity index (χ2n) is 10.4. The quantitative estimate of drug-likeness (QED) is 0.539. The minimum atomic E-state index is -0.257. The molecule has 8 nitrogen and oxygen atoms in total. The number of hydrogen-bond acceptors (Lipinski definition) is 6. The van der Waals surface area contributed by atoms with Crippen LogP contribution in [0.1, 0.15) is 56.1 Å². The monoisotopic (exact) mass is 493 g/mol. The van der Waals surface area contributed by atoms with Crippen LogP contribution in [0.25, 0.3) is 11.0 Å². The van der Waals surface area contributed by atoms with Gasteiger partial charge in [-0.15, -0.1) is 0 Å². The summed E-state index contributed by atoms with van der Waals surface area (Å²) in [5.41, 5.74) is 2.60. The van der Waals surface area contributed by atoms with Gasteiger partial charge in [0.1, 0.15) is 17.2 Å². The number of aromatic nitrogens is 3. The van der Waals surface area contributed by atoms with Gasteiger partial charge in [-0.2, -0.15) is 4.98 Å². The number of carbonyl (C=O) groups is 1. The summed E-state index contributed by atoms with van der Waals surface area (Å²) in [4.78, 5) is 28.3. The maximum absolute atomic E-state index is 15.1. The van der Waals surface area contributed by atoms with Crippen molar-refractivity contribution in [3.8, 4) is 0 Å². The molecule has 0 atom stereocenters. The lowest BCUT2D eigenvalue weighted by atomic mass is 10.2. The first-order chi connectivity index (χ1) is 17.3. The first kappa shape index (κ1) is 24.5. The van der Waals surface area contributed by atoms with Crippen molar-refractivity contribution in [3.05, 3.63) is 42.0 Å². The Morgan fingerprint density at radius 1 is 1.11 bits per heavy atom. The van der Waals surface area contributed by atoms with E-state index in [2.05, 4.69) is 38.5 Å². The number of anilines is 3. The van der Waals surface area contributed by atoms with E-state index in [1.807, 2.05) is 18.2 Å². The third-order valence-electron chi connectivity index (χ3n) is 7.48. The highest BCUT2D eigenvalue weighted by atomic mass is 19.1. The molecular formula is C27H36FN7O. The Morgan fingerprint density at radius 2 is 1.83 bits per heavy atom. The molecule has 1 aliphatic carbocycles. The Balaban J connectivity index is 1.39. The van der Waals surface area contributed by atoms with Gasteiger partial charge in [0.25, 0.3) is 5.91 Å². The van der Waals surface area contributed by atoms with Crippen molar-refractivity contribution in [2.75, 3.05) is 50.5 Å². The summed E-state index contributed by atoms with van der Waals surface area (Å²) < 4.78 is 17.2. The molecule has 1 saturated heterocycles. The molecule has 3 heterocycles. The van der Waals surface area contributed by atoms with Gasteiger partial charge in [0, 0.05) is 69.6 Å². The summed E-state index contributed by atoms with van der Waals surface area (Å²) in [5, 5.41) is 4.00. The number of nitrogens with one attached hydrogen (secondary N) is 1. The molecule has 3 aromatic rings. The van der Waals surface area contributed by atoms with Gasteiger partial charge in [-0.3, -0.25) is 9.69 Å². The third-order valence-corrected chi connectivity index (χ3v) is 7.48. The lowest BCUT2D eigenvalue weighted by Crippen LogP contribution is -2.49. The first-order valence-electron chi connectivity index (χ1n) is 13.0. The number of nitrogens with zero attached hydrogens (tertiary/aromatic N) is 6. The van der Waals surface area contributed by atoms with Gasteiger partial charge in [-0.05, 0) is 51.0 Å². The Morgan fingerprint density at radius 3 is 2.47 bits per heavy atom. The first-order valence-corrected chi connectivity index (χ1v) is 13.0. The summed E-state index contributed by atoms with van der Waals surface area (Å²) in [6.45, 7) is 7.89. The molecule has 5 rings (SSSR count). The van der Waals surface area contributed by atoms with Crippen molar-refractivity contribution in [3.63, 3.8) is 0 Å². The molecule has 1 saturated carbocycles. The summed E-state index contributed by atoms with van der Waals surface area (Å²) in [7, 11) is 3.53. The highest BCUT2D eigenvalue weighted by molar-refractivity contribution is 5.97. The lowest BCUT2D eigenvalue weighted by molar-refractivity contribution is 0.0815. The summed E-state index contributed by atoms with van der Waals surface area (Å²) in [5.74, 6) is 0.0926. The number of benzene rings is 1. The number of rotatable bonds is 6. The molecule has 0 spiro atoms. The fourth-order valence-electron chi connectivity index (χ4n) is 5.44. The fraction of sp³-hybridized carbons (Fsp3) is 0.519. The van der Waals surface area contributed by atoms with Gasteiger partial charge in [0.2, 0.25) is 5.95 Å². The van der Waals surface area contributed by atoms with Gasteiger partial charge in [0.05, 0.1) is 5.69 Å². The Kier molecular flexibility index (Phi) is 6.83. The summed E-state index contributed by atoms with van der Waals surface area (Å²) >= 11 is 0. The zero-order chi connectivity index (χ0) is 25.4. The predicted molar refractivity (Wildman–Crippen MR) is 142 cm³/mol. The largest absolute Gasteiger partial charge is 0.367 e. The second-order valence-corrected chi connectivity index (χ2v) is 10.4. The summed E-state index contributed by atoms with van der Waals surface area (Å²) in [6, 6.07) is 7.85. The standard InChI is InChI=1S/C27H36FN7O/c1-18(2)33-11-13-34(14-12-33)23-10-9-20(16-22(23)28)30-27-29-17-19-15-24(26(36)32(3)4)35(25(19)31-27)21-7-5-6-8-21/h9-10,15-18,21H,5-8,11-14H2,1-4H3,(H,29,30,31). The fourth-order valence-corrected chi connectivity index (χ4v) is 5.44. The van der Waals surface area contributed by atoms with Crippen LogP contribution in [0, 0.1) is 5.82 Å². The lowest BCUT2D eigenvalue weighted by Gasteiger charge is -2.38. The molecule has 1 aromatic carbocycles. The molecule has 0 unspecified atom stereocenters. The van der Waals surface area contributed by atoms with E-state index < -0.39 is 0 Å². The molecule has 2 fully saturated rings. The van der Waals surface area contributed by atoms with E-state index in [4.69, 9.17) is 4.98 Å². The maximum atomic E-state index is 15.1. The van der Waals surface area contributed by atoms with E-state index in [1.54, 1.807) is 25.2 Å². The smallest absolute Gasteiger partial charge is 0.270 e. The molecule has 1 amide bonds. The molecule has 9 heteroatoms. The third kappa shape index (κ3) is 4.76. The van der Waals surface area contributed by atoms with Crippen molar-refractivity contribution in [1.82, 2.24) is 24.3 Å². The van der Waals surface area contributed by atoms with Crippen molar-refractivity contribution < 1.29 is 9.18 Å². The van der Waals surface area contributed by atoms with Gasteiger partial charge < -0.3 is 19.7 Å². The molecule has 192 valence electrons. The van der Waals surface area contributed by atoms with Crippen molar-refractivity contribution in [2.45, 2.75) is 51.6 Å². The number of hydrogen-bond donors (Lipinski definition) is 1. The van der Waals surface area contributed by atoms with E-state index in [1.165, 1.54) is 6.07 Å². The highest BCUT2D eigenvalue weighted by Crippen LogP contribution is 2.35. The molecule has 2 aromatic heterocycles. The molecule has 0 bridgehead atoms. The van der Waals surface area contributed by atoms with Crippen LogP contribution in [0.15, 0.2) is 30.5 Å². The zero-order valence-electron chi connectivity index (χ0n) is 21.7. The van der Waals surface area contributed by atoms with E-state index >= 15 is 4.39 Å². The SMILES string of the molecule is CC(C)N1CCN(c2ccc(Nc3ncc4cc(C(=O)N(C)C)n(C5CCCC5)c4n3)cc2F)CC1. The van der Waals surface area contributed by atoms with Crippen LogP contribution in [-0.4, -0.2) is 76.6 Å². The second kappa shape index (κ2) is 10.0. The van der Waals surface area contributed by atoms with Gasteiger partial charge in [-0.25, -0.2) is 9.37 Å². The number of fused-ring (bicyclic) bond motifs is 1. The van der Waals surface area contributed by atoms with Crippen LogP contribution in [-0.2, 0) is 0 Å². The number of piperazine rings is 1. The average Bonchev–Trinajstić information content (AvgIpc) is 3.51. The van der Waals surface area contributed by atoms with Crippen LogP contribution in [0.2, 0.25) is 0 Å². The van der Waals surface area contributed by atoms with E-state index in [-0.39, 0.29) is 17.8 Å². The molecule has 0 radical (unpaired) electrons. The van der Waals surface area contributed by atoms with Gasteiger partial charge in [0.15, 0.2) is 0 Å². The van der Waals surface area contributed by atoms with Gasteiger partial charge in [-0.1, -0.05) is 12.8 Å². The van der Waals surface area contributed by atoms with E-state index in [9.17, 15) is 4.79 Å². The highest BCUT2D eigenvalue weighted by Gasteiger charge is 2.27.